The molecule has 0 aromatic heterocycles. The van der Waals surface area contributed by atoms with Gasteiger partial charge < -0.3 is 15.2 Å². The minimum absolute atomic E-state index is 0.0134. The fraction of sp³-hybridized carbons (Fsp3) is 0.316. The highest BCUT2D eigenvalue weighted by atomic mass is 35.5. The first-order chi connectivity index (χ1) is 11.6. The van der Waals surface area contributed by atoms with Crippen molar-refractivity contribution in [3.05, 3.63) is 64.7 Å². The van der Waals surface area contributed by atoms with Crippen molar-refractivity contribution < 1.29 is 14.6 Å². The number of aliphatic hydroxyl groups is 1. The molecular weight excluding hydrogens is 326 g/mol. The van der Waals surface area contributed by atoms with E-state index in [-0.39, 0.29) is 25.0 Å². The molecule has 0 spiro atoms. The number of hydrogen-bond acceptors (Lipinski definition) is 3. The first kappa shape index (κ1) is 18.3. The zero-order valence-electron chi connectivity index (χ0n) is 13.7. The van der Waals surface area contributed by atoms with Crippen LogP contribution in [0.15, 0.2) is 48.5 Å². The topological polar surface area (TPSA) is 58.6 Å². The van der Waals surface area contributed by atoms with Crippen molar-refractivity contribution in [2.75, 3.05) is 19.8 Å². The molecule has 2 N–H and O–H groups in total. The van der Waals surface area contributed by atoms with Gasteiger partial charge in [0.2, 0.25) is 0 Å². The Morgan fingerprint density at radius 2 is 1.92 bits per heavy atom. The van der Waals surface area contributed by atoms with Crippen LogP contribution in [0.2, 0.25) is 5.02 Å². The highest BCUT2D eigenvalue weighted by molar-refractivity contribution is 6.32. The molecule has 2 rings (SSSR count). The zero-order valence-corrected chi connectivity index (χ0v) is 14.4. The summed E-state index contributed by atoms with van der Waals surface area (Å²) in [6.07, 6.45) is 0.711. The van der Waals surface area contributed by atoms with Crippen LogP contribution >= 0.6 is 11.6 Å². The molecule has 4 nitrogen and oxygen atoms in total. The minimum atomic E-state index is -0.239. The van der Waals surface area contributed by atoms with Crippen molar-refractivity contribution in [1.29, 1.82) is 0 Å². The Kier molecular flexibility index (Phi) is 7.09. The van der Waals surface area contributed by atoms with Gasteiger partial charge in [-0.1, -0.05) is 53.6 Å². The molecule has 0 saturated carbocycles. The second-order valence-corrected chi connectivity index (χ2v) is 6.17. The molecule has 0 radical (unpaired) electrons. The van der Waals surface area contributed by atoms with E-state index in [1.165, 1.54) is 5.56 Å². The van der Waals surface area contributed by atoms with Gasteiger partial charge in [0.1, 0.15) is 5.75 Å². The Morgan fingerprint density at radius 3 is 2.58 bits per heavy atom. The van der Waals surface area contributed by atoms with Crippen LogP contribution in [-0.4, -0.2) is 30.8 Å². The maximum Gasteiger partial charge on any atom is 0.257 e. The lowest BCUT2D eigenvalue weighted by Crippen LogP contribution is -2.35. The van der Waals surface area contributed by atoms with E-state index in [9.17, 15) is 9.90 Å². The van der Waals surface area contributed by atoms with E-state index >= 15 is 0 Å². The molecule has 1 unspecified atom stereocenters. The van der Waals surface area contributed by atoms with Crippen LogP contribution in [0.25, 0.3) is 0 Å². The molecule has 24 heavy (non-hydrogen) atoms. The van der Waals surface area contributed by atoms with Crippen LogP contribution in [0.1, 0.15) is 11.1 Å². The summed E-state index contributed by atoms with van der Waals surface area (Å²) in [6.45, 7) is 2.34. The van der Waals surface area contributed by atoms with Gasteiger partial charge in [-0.3, -0.25) is 4.79 Å². The minimum Gasteiger partial charge on any atom is -0.482 e. The number of aryl methyl sites for hydroxylation is 1. The summed E-state index contributed by atoms with van der Waals surface area (Å²) in [7, 11) is 0. The number of benzene rings is 2. The summed E-state index contributed by atoms with van der Waals surface area (Å²) in [6, 6.07) is 15.2. The van der Waals surface area contributed by atoms with E-state index in [1.54, 1.807) is 24.3 Å². The van der Waals surface area contributed by atoms with Crippen LogP contribution < -0.4 is 10.1 Å². The molecule has 0 aliphatic carbocycles. The van der Waals surface area contributed by atoms with Gasteiger partial charge in [0.15, 0.2) is 6.61 Å². The SMILES string of the molecule is Cc1ccc(CC(CO)CNC(=O)COc2ccccc2Cl)cc1. The molecular formula is C19H22ClNO3. The van der Waals surface area contributed by atoms with Gasteiger partial charge in [-0.15, -0.1) is 0 Å². The van der Waals surface area contributed by atoms with Crippen molar-refractivity contribution in [2.45, 2.75) is 13.3 Å². The number of para-hydroxylation sites is 1. The Balaban J connectivity index is 1.76. The lowest BCUT2D eigenvalue weighted by Gasteiger charge is -2.15. The Labute approximate surface area is 147 Å². The van der Waals surface area contributed by atoms with Crippen molar-refractivity contribution in [1.82, 2.24) is 5.32 Å². The average molecular weight is 348 g/mol. The van der Waals surface area contributed by atoms with Gasteiger partial charge in [-0.25, -0.2) is 0 Å². The number of amides is 1. The van der Waals surface area contributed by atoms with E-state index < -0.39 is 0 Å². The van der Waals surface area contributed by atoms with E-state index in [4.69, 9.17) is 16.3 Å². The summed E-state index contributed by atoms with van der Waals surface area (Å²) in [5.41, 5.74) is 2.34. The van der Waals surface area contributed by atoms with E-state index in [1.807, 2.05) is 31.2 Å². The molecule has 2 aromatic rings. The Bertz CT molecular complexity index is 658. The molecule has 0 bridgehead atoms. The number of nitrogens with one attached hydrogen (secondary N) is 1. The maximum atomic E-state index is 11.9. The third kappa shape index (κ3) is 5.87. The molecule has 0 fully saturated rings. The predicted octanol–water partition coefficient (Wildman–Crippen LogP) is 2.99. The number of hydrogen-bond donors (Lipinski definition) is 2. The van der Waals surface area contributed by atoms with Gasteiger partial charge in [0.05, 0.1) is 5.02 Å². The predicted molar refractivity (Wildman–Crippen MR) is 95.4 cm³/mol. The maximum absolute atomic E-state index is 11.9. The van der Waals surface area contributed by atoms with E-state index in [0.29, 0.717) is 23.7 Å². The molecule has 1 atom stereocenters. The average Bonchev–Trinajstić information content (AvgIpc) is 2.59. The van der Waals surface area contributed by atoms with Gasteiger partial charge >= 0.3 is 0 Å². The van der Waals surface area contributed by atoms with Crippen LogP contribution in [-0.2, 0) is 11.2 Å². The van der Waals surface area contributed by atoms with Crippen LogP contribution in [0.3, 0.4) is 0 Å². The van der Waals surface area contributed by atoms with Crippen molar-refractivity contribution in [3.8, 4) is 5.75 Å². The Hall–Kier alpha value is -2.04. The number of aliphatic hydroxyl groups excluding tert-OH is 1. The first-order valence-electron chi connectivity index (χ1n) is 7.89. The lowest BCUT2D eigenvalue weighted by molar-refractivity contribution is -0.123. The molecule has 0 aliphatic heterocycles. The van der Waals surface area contributed by atoms with Gasteiger partial charge in [0, 0.05) is 19.1 Å². The van der Waals surface area contributed by atoms with E-state index in [0.717, 1.165) is 5.56 Å². The van der Waals surface area contributed by atoms with Gasteiger partial charge in [-0.05, 0) is 31.0 Å². The summed E-state index contributed by atoms with van der Waals surface area (Å²) >= 11 is 5.97. The second kappa shape index (κ2) is 9.30. The normalized spacial score (nSPS) is 11.8. The van der Waals surface area contributed by atoms with E-state index in [2.05, 4.69) is 5.32 Å². The van der Waals surface area contributed by atoms with Crippen molar-refractivity contribution in [3.63, 3.8) is 0 Å². The fourth-order valence-electron chi connectivity index (χ4n) is 2.27. The Morgan fingerprint density at radius 1 is 1.21 bits per heavy atom. The largest absolute Gasteiger partial charge is 0.482 e. The highest BCUT2D eigenvalue weighted by Crippen LogP contribution is 2.22. The summed E-state index contributed by atoms with van der Waals surface area (Å²) in [5.74, 6) is 0.210. The van der Waals surface area contributed by atoms with Crippen LogP contribution in [0.5, 0.6) is 5.75 Å². The molecule has 0 saturated heterocycles. The number of ether oxygens (including phenoxy) is 1. The smallest absolute Gasteiger partial charge is 0.257 e. The third-order valence-corrected chi connectivity index (χ3v) is 4.00. The summed E-state index contributed by atoms with van der Waals surface area (Å²) < 4.78 is 5.39. The monoisotopic (exact) mass is 347 g/mol. The molecule has 0 aliphatic rings. The molecule has 2 aromatic carbocycles. The lowest BCUT2D eigenvalue weighted by atomic mass is 9.99. The van der Waals surface area contributed by atoms with Crippen LogP contribution in [0.4, 0.5) is 0 Å². The fourth-order valence-corrected chi connectivity index (χ4v) is 2.46. The quantitative estimate of drug-likeness (QED) is 0.771. The van der Waals surface area contributed by atoms with Crippen LogP contribution in [0, 0.1) is 12.8 Å². The molecule has 128 valence electrons. The standard InChI is InChI=1S/C19H22ClNO3/c1-14-6-8-15(9-7-14)10-16(12-22)11-21-19(23)13-24-18-5-3-2-4-17(18)20/h2-9,16,22H,10-13H2,1H3,(H,21,23). The van der Waals surface area contributed by atoms with Gasteiger partial charge in [0.25, 0.3) is 5.91 Å². The summed E-state index contributed by atoms with van der Waals surface area (Å²) in [4.78, 5) is 11.9. The number of halogens is 1. The number of rotatable bonds is 8. The molecule has 5 heteroatoms. The molecule has 0 heterocycles. The molecule has 1 amide bonds. The number of carbonyl (C=O) groups excluding carboxylic acids is 1. The first-order valence-corrected chi connectivity index (χ1v) is 8.26. The number of carbonyl (C=O) groups is 1. The third-order valence-electron chi connectivity index (χ3n) is 3.69. The second-order valence-electron chi connectivity index (χ2n) is 5.76. The highest BCUT2D eigenvalue weighted by Gasteiger charge is 2.11. The zero-order chi connectivity index (χ0) is 17.4. The summed E-state index contributed by atoms with van der Waals surface area (Å²) in [5, 5.41) is 12.8. The van der Waals surface area contributed by atoms with Crippen molar-refractivity contribution in [2.24, 2.45) is 5.92 Å². The van der Waals surface area contributed by atoms with Crippen molar-refractivity contribution >= 4 is 17.5 Å². The van der Waals surface area contributed by atoms with Gasteiger partial charge in [-0.2, -0.15) is 0 Å².